The quantitative estimate of drug-likeness (QED) is 0.209. The summed E-state index contributed by atoms with van der Waals surface area (Å²) in [4.78, 5) is 4.30. The molecule has 0 saturated carbocycles. The fourth-order valence-corrected chi connectivity index (χ4v) is 5.76. The summed E-state index contributed by atoms with van der Waals surface area (Å²) in [5, 5.41) is 4.36. The fraction of sp³-hybridized carbons (Fsp3) is 0. The second-order valence-electron chi connectivity index (χ2n) is 10.2. The Kier molecular flexibility index (Phi) is 5.75. The van der Waals surface area contributed by atoms with Crippen LogP contribution in [0.15, 0.2) is 167 Å². The van der Waals surface area contributed by atoms with Crippen LogP contribution in [0.2, 0.25) is 0 Å². The SMILES string of the molecule is c1ccc(N(c2ccccc2)c2cc3c(ccc4c5cc(N(c6ccccc6)c6ccccc6)oc5ccc34)o2)cc1. The first-order valence-electron chi connectivity index (χ1n) is 14.0. The van der Waals surface area contributed by atoms with Crippen molar-refractivity contribution in [3.05, 3.63) is 158 Å². The van der Waals surface area contributed by atoms with E-state index in [-0.39, 0.29) is 0 Å². The molecule has 2 aromatic heterocycles. The Hall–Kier alpha value is -5.74. The van der Waals surface area contributed by atoms with Gasteiger partial charge in [-0.05, 0) is 83.6 Å². The van der Waals surface area contributed by atoms with Crippen molar-refractivity contribution in [2.75, 3.05) is 9.80 Å². The molecule has 0 unspecified atom stereocenters. The number of nitrogens with zero attached hydrogens (tertiary/aromatic N) is 2. The first kappa shape index (κ1) is 24.1. The monoisotopic (exact) mass is 542 g/mol. The van der Waals surface area contributed by atoms with Crippen molar-refractivity contribution < 1.29 is 8.83 Å². The molecule has 0 saturated heterocycles. The Labute approximate surface area is 243 Å². The molecule has 4 heteroatoms. The van der Waals surface area contributed by atoms with Crippen LogP contribution in [-0.2, 0) is 0 Å². The van der Waals surface area contributed by atoms with Gasteiger partial charge in [-0.25, -0.2) is 0 Å². The van der Waals surface area contributed by atoms with E-state index < -0.39 is 0 Å². The summed E-state index contributed by atoms with van der Waals surface area (Å²) >= 11 is 0. The molecule has 0 amide bonds. The van der Waals surface area contributed by atoms with E-state index in [0.717, 1.165) is 67.2 Å². The number of furan rings is 2. The Balaban J connectivity index is 1.29. The second-order valence-corrected chi connectivity index (χ2v) is 10.2. The summed E-state index contributed by atoms with van der Waals surface area (Å²) in [5.41, 5.74) is 5.83. The highest BCUT2D eigenvalue weighted by Gasteiger charge is 2.20. The third-order valence-electron chi connectivity index (χ3n) is 7.67. The van der Waals surface area contributed by atoms with Crippen molar-refractivity contribution in [2.45, 2.75) is 0 Å². The first-order chi connectivity index (χ1) is 20.8. The molecule has 0 radical (unpaired) electrons. The van der Waals surface area contributed by atoms with Crippen molar-refractivity contribution in [3.8, 4) is 0 Å². The lowest BCUT2D eigenvalue weighted by Crippen LogP contribution is -2.08. The minimum absolute atomic E-state index is 0.766. The maximum absolute atomic E-state index is 6.51. The number of anilines is 6. The van der Waals surface area contributed by atoms with E-state index in [1.807, 2.05) is 72.8 Å². The number of fused-ring (bicyclic) bond motifs is 5. The van der Waals surface area contributed by atoms with Gasteiger partial charge in [-0.15, -0.1) is 0 Å². The van der Waals surface area contributed by atoms with Crippen LogP contribution < -0.4 is 9.80 Å². The minimum atomic E-state index is 0.766. The van der Waals surface area contributed by atoms with E-state index in [4.69, 9.17) is 8.83 Å². The van der Waals surface area contributed by atoms with Gasteiger partial charge in [0.05, 0.1) is 0 Å². The zero-order valence-electron chi connectivity index (χ0n) is 22.7. The molecular weight excluding hydrogens is 516 g/mol. The average Bonchev–Trinajstić information content (AvgIpc) is 3.68. The molecule has 0 N–H and O–H groups in total. The third kappa shape index (κ3) is 4.09. The van der Waals surface area contributed by atoms with Gasteiger partial charge in [0, 0.05) is 45.7 Å². The van der Waals surface area contributed by atoms with Crippen molar-refractivity contribution in [2.24, 2.45) is 0 Å². The number of rotatable bonds is 6. The van der Waals surface area contributed by atoms with Crippen LogP contribution in [0.5, 0.6) is 0 Å². The molecule has 8 rings (SSSR count). The van der Waals surface area contributed by atoms with E-state index in [2.05, 4.69) is 94.7 Å². The van der Waals surface area contributed by atoms with Crippen molar-refractivity contribution in [3.63, 3.8) is 0 Å². The van der Waals surface area contributed by atoms with E-state index in [0.29, 0.717) is 0 Å². The molecule has 2 heterocycles. The lowest BCUT2D eigenvalue weighted by Gasteiger charge is -2.22. The maximum atomic E-state index is 6.51. The van der Waals surface area contributed by atoms with Gasteiger partial charge >= 0.3 is 0 Å². The van der Waals surface area contributed by atoms with E-state index in [1.54, 1.807) is 0 Å². The summed E-state index contributed by atoms with van der Waals surface area (Å²) in [7, 11) is 0. The lowest BCUT2D eigenvalue weighted by molar-refractivity contribution is 0.620. The van der Waals surface area contributed by atoms with Crippen LogP contribution in [0.4, 0.5) is 34.5 Å². The fourth-order valence-electron chi connectivity index (χ4n) is 5.76. The molecule has 8 aromatic rings. The molecule has 4 nitrogen and oxygen atoms in total. The van der Waals surface area contributed by atoms with Crippen LogP contribution in [0.25, 0.3) is 32.7 Å². The molecule has 0 bridgehead atoms. The Morgan fingerprint density at radius 2 is 0.619 bits per heavy atom. The van der Waals surface area contributed by atoms with Gasteiger partial charge in [0.1, 0.15) is 11.2 Å². The van der Waals surface area contributed by atoms with Crippen LogP contribution >= 0.6 is 0 Å². The maximum Gasteiger partial charge on any atom is 0.205 e. The minimum Gasteiger partial charge on any atom is -0.440 e. The number of para-hydroxylation sites is 4. The van der Waals surface area contributed by atoms with Gasteiger partial charge in [-0.3, -0.25) is 9.80 Å². The smallest absolute Gasteiger partial charge is 0.205 e. The molecule has 0 aliphatic heterocycles. The zero-order valence-corrected chi connectivity index (χ0v) is 22.7. The normalized spacial score (nSPS) is 11.3. The third-order valence-corrected chi connectivity index (χ3v) is 7.67. The first-order valence-corrected chi connectivity index (χ1v) is 14.0. The van der Waals surface area contributed by atoms with Crippen molar-refractivity contribution in [1.82, 2.24) is 0 Å². The molecule has 0 spiro atoms. The highest BCUT2D eigenvalue weighted by atomic mass is 16.4. The molecule has 0 fully saturated rings. The number of benzene rings is 6. The highest BCUT2D eigenvalue weighted by molar-refractivity contribution is 6.17. The lowest BCUT2D eigenvalue weighted by atomic mass is 10.0. The van der Waals surface area contributed by atoms with Crippen LogP contribution in [0.3, 0.4) is 0 Å². The molecule has 6 aromatic carbocycles. The number of hydrogen-bond donors (Lipinski definition) is 0. The predicted molar refractivity (Wildman–Crippen MR) is 173 cm³/mol. The molecule has 0 atom stereocenters. The predicted octanol–water partition coefficient (Wildman–Crippen LogP) is 11.3. The second kappa shape index (κ2) is 10.0. The molecular formula is C38H26N2O2. The Morgan fingerprint density at radius 3 is 0.929 bits per heavy atom. The van der Waals surface area contributed by atoms with Gasteiger partial charge in [-0.1, -0.05) is 72.8 Å². The van der Waals surface area contributed by atoms with E-state index in [9.17, 15) is 0 Å². The van der Waals surface area contributed by atoms with Gasteiger partial charge < -0.3 is 8.83 Å². The average molecular weight is 543 g/mol. The Bertz CT molecular complexity index is 1900. The summed E-state index contributed by atoms with van der Waals surface area (Å²) in [6.07, 6.45) is 0. The van der Waals surface area contributed by atoms with Gasteiger partial charge in [-0.2, -0.15) is 0 Å². The zero-order chi connectivity index (χ0) is 27.9. The Morgan fingerprint density at radius 1 is 0.310 bits per heavy atom. The number of hydrogen-bond acceptors (Lipinski definition) is 4. The van der Waals surface area contributed by atoms with E-state index in [1.165, 1.54) is 0 Å². The molecule has 200 valence electrons. The summed E-state index contributed by atoms with van der Waals surface area (Å²) in [6.45, 7) is 0. The van der Waals surface area contributed by atoms with Crippen LogP contribution in [0.1, 0.15) is 0 Å². The largest absolute Gasteiger partial charge is 0.440 e. The van der Waals surface area contributed by atoms with E-state index >= 15 is 0 Å². The summed E-state index contributed by atoms with van der Waals surface area (Å²) < 4.78 is 13.0. The molecule has 0 aliphatic carbocycles. The van der Waals surface area contributed by atoms with Crippen molar-refractivity contribution in [1.29, 1.82) is 0 Å². The van der Waals surface area contributed by atoms with Gasteiger partial charge in [0.15, 0.2) is 0 Å². The van der Waals surface area contributed by atoms with Crippen LogP contribution in [-0.4, -0.2) is 0 Å². The van der Waals surface area contributed by atoms with Gasteiger partial charge in [0.2, 0.25) is 11.8 Å². The summed E-state index contributed by atoms with van der Waals surface area (Å²) in [5.74, 6) is 1.53. The van der Waals surface area contributed by atoms with Crippen molar-refractivity contribution >= 4 is 67.2 Å². The topological polar surface area (TPSA) is 32.8 Å². The van der Waals surface area contributed by atoms with Crippen LogP contribution in [0, 0.1) is 0 Å². The molecule has 0 aliphatic rings. The summed E-state index contributed by atoms with van der Waals surface area (Å²) in [6, 6.07) is 53.9. The molecule has 42 heavy (non-hydrogen) atoms. The van der Waals surface area contributed by atoms with Gasteiger partial charge in [0.25, 0.3) is 0 Å². The highest BCUT2D eigenvalue weighted by Crippen LogP contribution is 2.43. The standard InChI is InChI=1S/C38H26N2O2/c1-5-13-27(14-6-1)39(28-15-7-2-8-16-28)37-25-33-31-22-24-36-34(32(31)21-23-35(33)41-37)26-38(42-36)40(29-17-9-3-10-18-29)30-19-11-4-12-20-30/h1-26H.